The van der Waals surface area contributed by atoms with Gasteiger partial charge in [-0.1, -0.05) is 19.6 Å². The summed E-state index contributed by atoms with van der Waals surface area (Å²) in [6.07, 6.45) is 5.94. The zero-order valence-electron chi connectivity index (χ0n) is 10.2. The van der Waals surface area contributed by atoms with Crippen LogP contribution in [0, 0.1) is 23.7 Å². The Morgan fingerprint density at radius 2 is 1.60 bits per heavy atom. The molecular formula is C13H23ClSi. The van der Waals surface area contributed by atoms with Crippen molar-refractivity contribution in [3.63, 3.8) is 0 Å². The van der Waals surface area contributed by atoms with Crippen LogP contribution in [0.3, 0.4) is 0 Å². The molecule has 0 aromatic carbocycles. The highest BCUT2D eigenvalue weighted by Gasteiger charge is 2.55. The van der Waals surface area contributed by atoms with Gasteiger partial charge in [-0.2, -0.15) is 0 Å². The lowest BCUT2D eigenvalue weighted by molar-refractivity contribution is 0.0221. The van der Waals surface area contributed by atoms with Crippen molar-refractivity contribution in [3.8, 4) is 0 Å². The Labute approximate surface area is 99.8 Å². The van der Waals surface area contributed by atoms with Crippen LogP contribution in [0.4, 0.5) is 0 Å². The lowest BCUT2D eigenvalue weighted by Crippen LogP contribution is -2.55. The summed E-state index contributed by atoms with van der Waals surface area (Å²) in [5.74, 6) is 3.91. The molecule has 15 heavy (non-hydrogen) atoms. The van der Waals surface area contributed by atoms with Crippen LogP contribution >= 0.6 is 11.6 Å². The molecule has 0 amide bonds. The molecule has 4 saturated carbocycles. The lowest BCUT2D eigenvalue weighted by atomic mass is 9.55. The fourth-order valence-electron chi connectivity index (χ4n) is 5.19. The predicted octanol–water partition coefficient (Wildman–Crippen LogP) is 4.37. The summed E-state index contributed by atoms with van der Waals surface area (Å²) in [6.45, 7) is 7.68. The molecule has 0 radical (unpaired) electrons. The number of rotatable bonds is 1. The van der Waals surface area contributed by atoms with Crippen molar-refractivity contribution in [2.45, 2.75) is 56.2 Å². The van der Waals surface area contributed by atoms with Crippen molar-refractivity contribution in [1.29, 1.82) is 0 Å². The molecule has 4 unspecified atom stereocenters. The van der Waals surface area contributed by atoms with Crippen LogP contribution in [-0.4, -0.2) is 13.5 Å². The second-order valence-corrected chi connectivity index (χ2v) is 13.2. The molecule has 4 aliphatic rings. The first-order chi connectivity index (χ1) is 6.97. The maximum Gasteiger partial charge on any atom is 0.0479 e. The van der Waals surface area contributed by atoms with Crippen molar-refractivity contribution in [1.82, 2.24) is 0 Å². The van der Waals surface area contributed by atoms with E-state index >= 15 is 0 Å². The molecule has 6 atom stereocenters. The zero-order valence-corrected chi connectivity index (χ0v) is 11.9. The van der Waals surface area contributed by atoms with Gasteiger partial charge in [0.1, 0.15) is 0 Å². The largest absolute Gasteiger partial charge is 0.122 e. The molecule has 0 saturated heterocycles. The first kappa shape index (κ1) is 10.6. The number of alkyl halides is 1. The van der Waals surface area contributed by atoms with E-state index in [-0.39, 0.29) is 0 Å². The van der Waals surface area contributed by atoms with Crippen molar-refractivity contribution in [2.75, 3.05) is 0 Å². The van der Waals surface area contributed by atoms with E-state index in [4.69, 9.17) is 11.6 Å². The molecule has 86 valence electrons. The fourth-order valence-corrected chi connectivity index (χ4v) is 9.09. The summed E-state index contributed by atoms with van der Waals surface area (Å²) in [5.41, 5.74) is 1.03. The van der Waals surface area contributed by atoms with Gasteiger partial charge in [-0.25, -0.2) is 0 Å². The molecule has 0 aromatic heterocycles. The minimum absolute atomic E-state index is 0.537. The van der Waals surface area contributed by atoms with Gasteiger partial charge in [0.15, 0.2) is 0 Å². The Balaban J connectivity index is 1.92. The van der Waals surface area contributed by atoms with Crippen LogP contribution in [0.25, 0.3) is 0 Å². The molecular weight excluding hydrogens is 220 g/mol. The maximum absolute atomic E-state index is 6.69. The van der Waals surface area contributed by atoms with Crippen LogP contribution < -0.4 is 0 Å². The summed E-state index contributed by atoms with van der Waals surface area (Å²) in [6, 6.07) is 0. The van der Waals surface area contributed by atoms with Crippen molar-refractivity contribution in [3.05, 3.63) is 0 Å². The normalized spacial score (nSPS) is 53.6. The standard InChI is InChI=1S/C13H23ClSi/c1-15(2,3)13-10-5-8-4-9(7-10)12(14)11(13)6-8/h8-13H,4-7H2,1-3H3/t8?,9?,10?,11?,12-,13-/m1/s1. The van der Waals surface area contributed by atoms with E-state index in [1.807, 2.05) is 0 Å². The Hall–Kier alpha value is 0.507. The molecule has 4 aliphatic carbocycles. The summed E-state index contributed by atoms with van der Waals surface area (Å²) in [5, 5.41) is 0.537. The van der Waals surface area contributed by atoms with E-state index in [9.17, 15) is 0 Å². The third-order valence-electron chi connectivity index (χ3n) is 5.31. The SMILES string of the molecule is C[Si](C)(C)[C@@H]1C2CC3CC(C2)[C@@H](Cl)C1C3. The molecule has 0 nitrogen and oxygen atoms in total. The minimum atomic E-state index is -0.988. The maximum atomic E-state index is 6.69. The van der Waals surface area contributed by atoms with E-state index < -0.39 is 8.07 Å². The fraction of sp³-hybridized carbons (Fsp3) is 1.00. The molecule has 4 rings (SSSR count). The van der Waals surface area contributed by atoms with Gasteiger partial charge in [0, 0.05) is 13.5 Å². The van der Waals surface area contributed by atoms with Gasteiger partial charge in [0.05, 0.1) is 0 Å². The Kier molecular flexibility index (Phi) is 2.31. The van der Waals surface area contributed by atoms with E-state index in [2.05, 4.69) is 19.6 Å². The van der Waals surface area contributed by atoms with E-state index in [1.165, 1.54) is 19.3 Å². The van der Waals surface area contributed by atoms with Gasteiger partial charge in [0.25, 0.3) is 0 Å². The minimum Gasteiger partial charge on any atom is -0.122 e. The van der Waals surface area contributed by atoms with Crippen LogP contribution in [-0.2, 0) is 0 Å². The first-order valence-corrected chi connectivity index (χ1v) is 10.6. The topological polar surface area (TPSA) is 0 Å². The smallest absolute Gasteiger partial charge is 0.0479 e. The van der Waals surface area contributed by atoms with Crippen molar-refractivity contribution < 1.29 is 0 Å². The third kappa shape index (κ3) is 1.53. The molecule has 0 N–H and O–H groups in total. The van der Waals surface area contributed by atoms with Gasteiger partial charge >= 0.3 is 0 Å². The molecule has 0 aliphatic heterocycles. The monoisotopic (exact) mass is 242 g/mol. The highest BCUT2D eigenvalue weighted by atomic mass is 35.5. The van der Waals surface area contributed by atoms with Gasteiger partial charge < -0.3 is 0 Å². The number of halogens is 1. The molecule has 2 heteroatoms. The zero-order chi connectivity index (χ0) is 10.8. The average Bonchev–Trinajstić information content (AvgIpc) is 2.10. The first-order valence-electron chi connectivity index (χ1n) is 6.61. The van der Waals surface area contributed by atoms with Gasteiger partial charge in [-0.3, -0.25) is 0 Å². The third-order valence-corrected chi connectivity index (χ3v) is 8.89. The number of hydrogen-bond donors (Lipinski definition) is 0. The van der Waals surface area contributed by atoms with Crippen LogP contribution in [0.15, 0.2) is 0 Å². The highest BCUT2D eigenvalue weighted by Crippen LogP contribution is 2.62. The van der Waals surface area contributed by atoms with Gasteiger partial charge in [-0.15, -0.1) is 11.6 Å². The number of hydrogen-bond acceptors (Lipinski definition) is 0. The average molecular weight is 243 g/mol. The lowest BCUT2D eigenvalue weighted by Gasteiger charge is -2.59. The Morgan fingerprint density at radius 3 is 2.27 bits per heavy atom. The quantitative estimate of drug-likeness (QED) is 0.473. The highest BCUT2D eigenvalue weighted by molar-refractivity contribution is 6.77. The van der Waals surface area contributed by atoms with Crippen LogP contribution in [0.5, 0.6) is 0 Å². The molecule has 0 spiro atoms. The molecule has 4 bridgehead atoms. The van der Waals surface area contributed by atoms with Crippen molar-refractivity contribution >= 4 is 19.7 Å². The molecule has 0 aromatic rings. The van der Waals surface area contributed by atoms with E-state index in [0.29, 0.717) is 5.38 Å². The second-order valence-electron chi connectivity index (χ2n) is 7.33. The van der Waals surface area contributed by atoms with E-state index in [0.717, 1.165) is 29.2 Å². The van der Waals surface area contributed by atoms with E-state index in [1.54, 1.807) is 6.42 Å². The van der Waals surface area contributed by atoms with Crippen LogP contribution in [0.2, 0.25) is 25.2 Å². The Bertz CT molecular complexity index is 270. The molecule has 4 fully saturated rings. The summed E-state index contributed by atoms with van der Waals surface area (Å²) in [7, 11) is -0.988. The van der Waals surface area contributed by atoms with Gasteiger partial charge in [-0.05, 0) is 54.9 Å². The van der Waals surface area contributed by atoms with Crippen molar-refractivity contribution in [2.24, 2.45) is 23.7 Å². The van der Waals surface area contributed by atoms with Crippen LogP contribution in [0.1, 0.15) is 25.7 Å². The second kappa shape index (κ2) is 3.26. The summed E-state index contributed by atoms with van der Waals surface area (Å²) >= 11 is 6.69. The predicted molar refractivity (Wildman–Crippen MR) is 69.2 cm³/mol. The summed E-state index contributed by atoms with van der Waals surface area (Å²) in [4.78, 5) is 0. The summed E-state index contributed by atoms with van der Waals surface area (Å²) < 4.78 is 0. The Morgan fingerprint density at radius 1 is 0.933 bits per heavy atom. The van der Waals surface area contributed by atoms with Gasteiger partial charge in [0.2, 0.25) is 0 Å². The molecule has 0 heterocycles.